The zero-order chi connectivity index (χ0) is 25.6. The lowest BCUT2D eigenvalue weighted by molar-refractivity contribution is -0.124. The molecule has 1 aliphatic heterocycles. The van der Waals surface area contributed by atoms with Gasteiger partial charge in [0.05, 0.1) is 4.91 Å². The Balaban J connectivity index is 1.62. The predicted octanol–water partition coefficient (Wildman–Crippen LogP) is 6.08. The highest BCUT2D eigenvalue weighted by Gasteiger charge is 2.27. The van der Waals surface area contributed by atoms with Crippen LogP contribution in [0.25, 0.3) is 6.08 Å². The predicted molar refractivity (Wildman–Crippen MR) is 143 cm³/mol. The number of hydrogen-bond donors (Lipinski definition) is 2. The van der Waals surface area contributed by atoms with E-state index in [2.05, 4.69) is 62.2 Å². The molecule has 7 nitrogen and oxygen atoms in total. The first-order valence-corrected chi connectivity index (χ1v) is 13.3. The molecule has 8 heteroatoms. The molecule has 0 unspecified atom stereocenters. The van der Waals surface area contributed by atoms with Crippen molar-refractivity contribution in [3.8, 4) is 5.75 Å². The molecule has 2 heterocycles. The topological polar surface area (TPSA) is 95.0 Å². The van der Waals surface area contributed by atoms with Gasteiger partial charge in [-0.2, -0.15) is 5.21 Å². The van der Waals surface area contributed by atoms with Gasteiger partial charge in [-0.15, -0.1) is 10.2 Å². The SMILES string of the molecule is CC(C)(C)c1cc(C=C2SC=CN(CCCCCCCc3nn[nH]n3)C2=O)cc(C(C)(C)C)c1O. The lowest BCUT2D eigenvalue weighted by Crippen LogP contribution is -2.29. The van der Waals surface area contributed by atoms with Crippen molar-refractivity contribution in [3.63, 3.8) is 0 Å². The minimum Gasteiger partial charge on any atom is -0.507 e. The number of carbonyl (C=O) groups is 1. The number of aromatic amines is 1. The summed E-state index contributed by atoms with van der Waals surface area (Å²) in [4.78, 5) is 15.7. The summed E-state index contributed by atoms with van der Waals surface area (Å²) in [5.74, 6) is 1.16. The van der Waals surface area contributed by atoms with Gasteiger partial charge in [0.2, 0.25) is 0 Å². The largest absolute Gasteiger partial charge is 0.507 e. The molecule has 0 spiro atoms. The second-order valence-electron chi connectivity index (χ2n) is 11.2. The van der Waals surface area contributed by atoms with Crippen molar-refractivity contribution < 1.29 is 9.90 Å². The molecular formula is C27H39N5O2S. The lowest BCUT2D eigenvalue weighted by Gasteiger charge is -2.28. The van der Waals surface area contributed by atoms with Crippen LogP contribution in [0.5, 0.6) is 5.75 Å². The van der Waals surface area contributed by atoms with Gasteiger partial charge in [-0.05, 0) is 52.9 Å². The second-order valence-corrected chi connectivity index (χ2v) is 12.2. The maximum atomic E-state index is 13.2. The van der Waals surface area contributed by atoms with E-state index in [9.17, 15) is 9.90 Å². The van der Waals surface area contributed by atoms with Gasteiger partial charge in [0.15, 0.2) is 5.82 Å². The molecule has 1 aromatic heterocycles. The van der Waals surface area contributed by atoms with Crippen LogP contribution in [0.4, 0.5) is 0 Å². The smallest absolute Gasteiger partial charge is 0.264 e. The number of hydrogen-bond acceptors (Lipinski definition) is 6. The Kier molecular flexibility index (Phi) is 8.80. The van der Waals surface area contributed by atoms with Crippen LogP contribution >= 0.6 is 11.8 Å². The molecule has 1 aliphatic rings. The zero-order valence-electron chi connectivity index (χ0n) is 21.9. The summed E-state index contributed by atoms with van der Waals surface area (Å²) in [5, 5.41) is 27.0. The van der Waals surface area contributed by atoms with E-state index in [1.54, 1.807) is 0 Å². The maximum Gasteiger partial charge on any atom is 0.264 e. The number of phenolic OH excluding ortho intramolecular Hbond substituents is 1. The molecule has 2 aromatic rings. The number of nitrogens with one attached hydrogen (secondary N) is 1. The third-order valence-electron chi connectivity index (χ3n) is 6.14. The van der Waals surface area contributed by atoms with Gasteiger partial charge in [0.1, 0.15) is 5.75 Å². The van der Waals surface area contributed by atoms with E-state index in [-0.39, 0.29) is 16.7 Å². The highest BCUT2D eigenvalue weighted by atomic mass is 32.2. The number of aromatic nitrogens is 4. The van der Waals surface area contributed by atoms with Crippen molar-refractivity contribution in [2.75, 3.05) is 6.54 Å². The fraction of sp³-hybridized carbons (Fsp3) is 0.556. The number of H-pyrrole nitrogens is 1. The maximum absolute atomic E-state index is 13.2. The van der Waals surface area contributed by atoms with Gasteiger partial charge < -0.3 is 10.0 Å². The number of aryl methyl sites for hydroxylation is 1. The number of tetrazole rings is 1. The first kappa shape index (κ1) is 27.0. The molecule has 35 heavy (non-hydrogen) atoms. The van der Waals surface area contributed by atoms with Crippen LogP contribution in [0.1, 0.15) is 96.2 Å². The van der Waals surface area contributed by atoms with E-state index in [1.807, 2.05) is 34.7 Å². The molecule has 0 radical (unpaired) electrons. The van der Waals surface area contributed by atoms with Gasteiger partial charge in [-0.25, -0.2) is 0 Å². The van der Waals surface area contributed by atoms with Crippen molar-refractivity contribution in [1.82, 2.24) is 25.5 Å². The van der Waals surface area contributed by atoms with E-state index in [0.29, 0.717) is 17.2 Å². The normalized spacial score (nSPS) is 15.9. The van der Waals surface area contributed by atoms with Gasteiger partial charge in [0, 0.05) is 30.3 Å². The number of benzene rings is 1. The van der Waals surface area contributed by atoms with Gasteiger partial charge in [0.25, 0.3) is 5.91 Å². The van der Waals surface area contributed by atoms with Crippen molar-refractivity contribution in [1.29, 1.82) is 0 Å². The lowest BCUT2D eigenvalue weighted by atomic mass is 9.78. The Morgan fingerprint density at radius 1 is 1.00 bits per heavy atom. The summed E-state index contributed by atoms with van der Waals surface area (Å²) in [6.45, 7) is 13.3. The van der Waals surface area contributed by atoms with Crippen LogP contribution in [0.2, 0.25) is 0 Å². The number of phenols is 1. The molecule has 1 aromatic carbocycles. The van der Waals surface area contributed by atoms with Crippen LogP contribution in [0, 0.1) is 0 Å². The van der Waals surface area contributed by atoms with Crippen LogP contribution < -0.4 is 0 Å². The summed E-state index contributed by atoms with van der Waals surface area (Å²) >= 11 is 1.46. The molecular weight excluding hydrogens is 458 g/mol. The summed E-state index contributed by atoms with van der Waals surface area (Å²) in [6, 6.07) is 4.03. The Morgan fingerprint density at radius 3 is 2.23 bits per heavy atom. The highest BCUT2D eigenvalue weighted by Crippen LogP contribution is 2.40. The molecule has 0 aliphatic carbocycles. The van der Waals surface area contributed by atoms with Crippen LogP contribution in [-0.2, 0) is 22.0 Å². The van der Waals surface area contributed by atoms with Crippen molar-refractivity contribution >= 4 is 23.7 Å². The molecule has 190 valence electrons. The highest BCUT2D eigenvalue weighted by molar-refractivity contribution is 8.06. The van der Waals surface area contributed by atoms with Gasteiger partial charge in [-0.3, -0.25) is 4.79 Å². The average Bonchev–Trinajstić information content (AvgIpc) is 3.28. The molecule has 0 fully saturated rings. The van der Waals surface area contributed by atoms with E-state index in [1.165, 1.54) is 11.8 Å². The molecule has 2 N–H and O–H groups in total. The summed E-state index contributed by atoms with van der Waals surface area (Å²) in [6.07, 6.45) is 10.0. The standard InChI is InChI=1S/C27H39N5O2S/c1-26(2,3)20-16-19(17-21(24(20)33)27(4,5)6)18-22-25(34)32(14-15-35-22)13-11-9-7-8-10-12-23-28-30-31-29-23/h14-18,33H,7-13H2,1-6H3,(H,28,29,30,31). The van der Waals surface area contributed by atoms with E-state index in [4.69, 9.17) is 0 Å². The monoisotopic (exact) mass is 497 g/mol. The average molecular weight is 498 g/mol. The minimum absolute atomic E-state index is 0.0392. The summed E-state index contributed by atoms with van der Waals surface area (Å²) in [7, 11) is 0. The first-order chi connectivity index (χ1) is 16.5. The molecule has 0 atom stereocenters. The number of carbonyl (C=O) groups excluding carboxylic acids is 1. The first-order valence-electron chi connectivity index (χ1n) is 12.4. The third-order valence-corrected chi connectivity index (χ3v) is 6.95. The second kappa shape index (κ2) is 11.4. The molecule has 1 amide bonds. The molecule has 0 bridgehead atoms. The number of thioether (sulfide) groups is 1. The Bertz CT molecular complexity index is 1030. The molecule has 0 saturated heterocycles. The number of unbranched alkanes of at least 4 members (excludes halogenated alkanes) is 4. The third kappa shape index (κ3) is 7.43. The fourth-order valence-corrected chi connectivity index (χ4v) is 4.90. The number of aromatic hydroxyl groups is 1. The van der Waals surface area contributed by atoms with Crippen LogP contribution in [0.3, 0.4) is 0 Å². The number of amides is 1. The van der Waals surface area contributed by atoms with Gasteiger partial charge in [-0.1, -0.05) is 77.8 Å². The van der Waals surface area contributed by atoms with Crippen LogP contribution in [-0.4, -0.2) is 43.1 Å². The van der Waals surface area contributed by atoms with E-state index < -0.39 is 0 Å². The summed E-state index contributed by atoms with van der Waals surface area (Å²) < 4.78 is 0. The van der Waals surface area contributed by atoms with Gasteiger partial charge >= 0.3 is 0 Å². The number of rotatable bonds is 9. The Morgan fingerprint density at radius 2 is 1.63 bits per heavy atom. The summed E-state index contributed by atoms with van der Waals surface area (Å²) in [5.41, 5.74) is 2.33. The zero-order valence-corrected chi connectivity index (χ0v) is 22.7. The van der Waals surface area contributed by atoms with Crippen molar-refractivity contribution in [2.24, 2.45) is 0 Å². The Labute approximate surface area is 213 Å². The van der Waals surface area contributed by atoms with Crippen molar-refractivity contribution in [2.45, 2.75) is 90.9 Å². The quantitative estimate of drug-likeness (QED) is 0.322. The molecule has 0 saturated carbocycles. The van der Waals surface area contributed by atoms with Crippen LogP contribution in [0.15, 0.2) is 28.6 Å². The van der Waals surface area contributed by atoms with E-state index in [0.717, 1.165) is 61.0 Å². The molecule has 3 rings (SSSR count). The van der Waals surface area contributed by atoms with Crippen molar-refractivity contribution in [3.05, 3.63) is 51.2 Å². The fourth-order valence-electron chi connectivity index (χ4n) is 4.13. The number of nitrogens with zero attached hydrogens (tertiary/aromatic N) is 4. The minimum atomic E-state index is -0.209. The van der Waals surface area contributed by atoms with E-state index >= 15 is 0 Å². The Hall–Kier alpha value is -2.61.